The number of hydrogen-bond donors (Lipinski definition) is 1. The van der Waals surface area contributed by atoms with Gasteiger partial charge in [0.1, 0.15) is 0 Å². The van der Waals surface area contributed by atoms with E-state index in [1.54, 1.807) is 6.92 Å². The van der Waals surface area contributed by atoms with Gasteiger partial charge in [0, 0.05) is 17.7 Å². The van der Waals surface area contributed by atoms with E-state index < -0.39 is 11.9 Å². The van der Waals surface area contributed by atoms with Crippen LogP contribution in [0.2, 0.25) is 0 Å². The van der Waals surface area contributed by atoms with Gasteiger partial charge in [0.25, 0.3) is 0 Å². The van der Waals surface area contributed by atoms with Crippen molar-refractivity contribution in [3.63, 3.8) is 0 Å². The molecule has 0 radical (unpaired) electrons. The van der Waals surface area contributed by atoms with E-state index in [1.807, 2.05) is 42.5 Å². The number of amides is 1. The van der Waals surface area contributed by atoms with Crippen molar-refractivity contribution in [3.05, 3.63) is 65.7 Å². The van der Waals surface area contributed by atoms with E-state index >= 15 is 0 Å². The second-order valence-electron chi connectivity index (χ2n) is 6.21. The van der Waals surface area contributed by atoms with Gasteiger partial charge in [-0.15, -0.1) is 0 Å². The number of anilines is 1. The largest absolute Gasteiger partial charge is 0.450 e. The van der Waals surface area contributed by atoms with Crippen molar-refractivity contribution in [1.82, 2.24) is 0 Å². The van der Waals surface area contributed by atoms with Crippen molar-refractivity contribution < 1.29 is 19.0 Å². The Morgan fingerprint density at radius 2 is 1.77 bits per heavy atom. The lowest BCUT2D eigenvalue weighted by atomic mass is 9.98. The van der Waals surface area contributed by atoms with Gasteiger partial charge in [-0.3, -0.25) is 5.32 Å². The SMILES string of the molecule is CCOC(=O)Nc1ccc(CCCC2(c3ccccc3)OCCO2)cc1. The number of rotatable bonds is 7. The van der Waals surface area contributed by atoms with Crippen molar-refractivity contribution in [2.24, 2.45) is 0 Å². The highest BCUT2D eigenvalue weighted by atomic mass is 16.7. The topological polar surface area (TPSA) is 56.8 Å². The fourth-order valence-electron chi connectivity index (χ4n) is 3.17. The molecule has 5 heteroatoms. The van der Waals surface area contributed by atoms with Gasteiger partial charge in [0.2, 0.25) is 0 Å². The molecule has 0 bridgehead atoms. The highest BCUT2D eigenvalue weighted by molar-refractivity contribution is 5.84. The van der Waals surface area contributed by atoms with Crippen LogP contribution in [0.15, 0.2) is 54.6 Å². The van der Waals surface area contributed by atoms with Gasteiger partial charge in [0.15, 0.2) is 5.79 Å². The smallest absolute Gasteiger partial charge is 0.411 e. The minimum Gasteiger partial charge on any atom is -0.450 e. The van der Waals surface area contributed by atoms with Crippen molar-refractivity contribution in [2.75, 3.05) is 25.1 Å². The van der Waals surface area contributed by atoms with Crippen LogP contribution < -0.4 is 5.32 Å². The summed E-state index contributed by atoms with van der Waals surface area (Å²) in [6.07, 6.45) is 2.24. The Morgan fingerprint density at radius 1 is 1.08 bits per heavy atom. The third kappa shape index (κ3) is 4.62. The molecule has 26 heavy (non-hydrogen) atoms. The van der Waals surface area contributed by atoms with Crippen molar-refractivity contribution >= 4 is 11.8 Å². The molecule has 1 saturated heterocycles. The highest BCUT2D eigenvalue weighted by Crippen LogP contribution is 2.36. The molecule has 138 valence electrons. The summed E-state index contributed by atoms with van der Waals surface area (Å²) in [6.45, 7) is 3.39. The number of aryl methyl sites for hydroxylation is 1. The zero-order chi connectivity index (χ0) is 18.2. The maximum atomic E-state index is 11.4. The molecule has 0 aromatic heterocycles. The number of nitrogens with one attached hydrogen (secondary N) is 1. The van der Waals surface area contributed by atoms with Crippen LogP contribution in [0.3, 0.4) is 0 Å². The van der Waals surface area contributed by atoms with Gasteiger partial charge in [0.05, 0.1) is 19.8 Å². The van der Waals surface area contributed by atoms with E-state index in [1.165, 1.54) is 5.56 Å². The lowest BCUT2D eigenvalue weighted by molar-refractivity contribution is -0.171. The molecule has 1 aliphatic rings. The highest BCUT2D eigenvalue weighted by Gasteiger charge is 2.37. The van der Waals surface area contributed by atoms with Crippen LogP contribution in [-0.4, -0.2) is 25.9 Å². The zero-order valence-electron chi connectivity index (χ0n) is 15.1. The maximum Gasteiger partial charge on any atom is 0.411 e. The molecular formula is C21H25NO4. The minimum absolute atomic E-state index is 0.358. The number of benzene rings is 2. The number of ether oxygens (including phenoxy) is 3. The van der Waals surface area contributed by atoms with Gasteiger partial charge in [-0.1, -0.05) is 42.5 Å². The molecule has 2 aromatic rings. The summed E-state index contributed by atoms with van der Waals surface area (Å²) in [7, 11) is 0. The first kappa shape index (κ1) is 18.4. The molecule has 0 aliphatic carbocycles. The molecule has 0 atom stereocenters. The van der Waals surface area contributed by atoms with Crippen LogP contribution in [0.5, 0.6) is 0 Å². The van der Waals surface area contributed by atoms with Crippen LogP contribution in [0.4, 0.5) is 10.5 Å². The van der Waals surface area contributed by atoms with Crippen LogP contribution in [0.1, 0.15) is 30.9 Å². The van der Waals surface area contributed by atoms with Crippen molar-refractivity contribution in [2.45, 2.75) is 32.0 Å². The third-order valence-corrected chi connectivity index (χ3v) is 4.41. The Hall–Kier alpha value is -2.37. The molecule has 1 fully saturated rings. The van der Waals surface area contributed by atoms with E-state index in [4.69, 9.17) is 14.2 Å². The zero-order valence-corrected chi connectivity index (χ0v) is 15.1. The maximum absolute atomic E-state index is 11.4. The van der Waals surface area contributed by atoms with E-state index in [-0.39, 0.29) is 0 Å². The minimum atomic E-state index is -0.618. The molecule has 1 aliphatic heterocycles. The van der Waals surface area contributed by atoms with Crippen LogP contribution in [0.25, 0.3) is 0 Å². The third-order valence-electron chi connectivity index (χ3n) is 4.41. The molecule has 0 saturated carbocycles. The first-order chi connectivity index (χ1) is 12.7. The first-order valence-electron chi connectivity index (χ1n) is 9.08. The van der Waals surface area contributed by atoms with E-state index in [9.17, 15) is 4.79 Å². The fraction of sp³-hybridized carbons (Fsp3) is 0.381. The average Bonchev–Trinajstić information content (AvgIpc) is 3.14. The number of carbonyl (C=O) groups excluding carboxylic acids is 1. The Labute approximate surface area is 154 Å². The molecule has 1 N–H and O–H groups in total. The molecule has 1 amide bonds. The van der Waals surface area contributed by atoms with Gasteiger partial charge >= 0.3 is 6.09 Å². The average molecular weight is 355 g/mol. The van der Waals surface area contributed by atoms with E-state index in [0.29, 0.717) is 19.8 Å². The first-order valence-corrected chi connectivity index (χ1v) is 9.08. The fourth-order valence-corrected chi connectivity index (χ4v) is 3.17. The Bertz CT molecular complexity index is 694. The predicted octanol–water partition coefficient (Wildman–Crippen LogP) is 4.48. The summed E-state index contributed by atoms with van der Waals surface area (Å²) >= 11 is 0. The molecule has 2 aromatic carbocycles. The molecular weight excluding hydrogens is 330 g/mol. The van der Waals surface area contributed by atoms with Crippen LogP contribution >= 0.6 is 0 Å². The summed E-state index contributed by atoms with van der Waals surface area (Å²) in [4.78, 5) is 11.4. The Morgan fingerprint density at radius 3 is 2.42 bits per heavy atom. The van der Waals surface area contributed by atoms with Gasteiger partial charge < -0.3 is 14.2 Å². The summed E-state index contributed by atoms with van der Waals surface area (Å²) in [5, 5.41) is 2.70. The van der Waals surface area contributed by atoms with Gasteiger partial charge in [-0.25, -0.2) is 4.79 Å². The summed E-state index contributed by atoms with van der Waals surface area (Å²) in [5.41, 5.74) is 3.02. The molecule has 3 rings (SSSR count). The second-order valence-corrected chi connectivity index (χ2v) is 6.21. The summed E-state index contributed by atoms with van der Waals surface area (Å²) < 4.78 is 16.8. The van der Waals surface area contributed by atoms with E-state index in [2.05, 4.69) is 17.4 Å². The van der Waals surface area contributed by atoms with Gasteiger partial charge in [-0.2, -0.15) is 0 Å². The molecule has 0 spiro atoms. The van der Waals surface area contributed by atoms with Crippen molar-refractivity contribution in [3.8, 4) is 0 Å². The molecule has 1 heterocycles. The summed E-state index contributed by atoms with van der Waals surface area (Å²) in [5.74, 6) is -0.618. The van der Waals surface area contributed by atoms with Gasteiger partial charge in [-0.05, 0) is 37.5 Å². The monoisotopic (exact) mass is 355 g/mol. The van der Waals surface area contributed by atoms with Crippen LogP contribution in [-0.2, 0) is 26.4 Å². The number of carbonyl (C=O) groups is 1. The predicted molar refractivity (Wildman–Crippen MR) is 100 cm³/mol. The van der Waals surface area contributed by atoms with Crippen molar-refractivity contribution in [1.29, 1.82) is 0 Å². The Balaban J connectivity index is 1.54. The lowest BCUT2D eigenvalue weighted by Crippen LogP contribution is -2.27. The quantitative estimate of drug-likeness (QED) is 0.796. The van der Waals surface area contributed by atoms with E-state index in [0.717, 1.165) is 30.5 Å². The number of hydrogen-bond acceptors (Lipinski definition) is 4. The lowest BCUT2D eigenvalue weighted by Gasteiger charge is -2.28. The Kier molecular flexibility index (Phi) is 6.26. The standard InChI is InChI=1S/C21H25NO4/c1-2-24-20(23)22-19-12-10-17(11-13-19)7-6-14-21(25-15-16-26-21)18-8-4-3-5-9-18/h3-5,8-13H,2,6-7,14-16H2,1H3,(H,22,23). The summed E-state index contributed by atoms with van der Waals surface area (Å²) in [6, 6.07) is 18.0. The second kappa shape index (κ2) is 8.83. The molecule has 5 nitrogen and oxygen atoms in total. The van der Waals surface area contributed by atoms with Crippen LogP contribution in [0, 0.1) is 0 Å². The molecule has 0 unspecified atom stereocenters. The normalized spacial score (nSPS) is 15.6.